The highest BCUT2D eigenvalue weighted by atomic mass is 19.1. The molecule has 0 saturated heterocycles. The lowest BCUT2D eigenvalue weighted by Crippen LogP contribution is -2.17. The zero-order valence-corrected chi connectivity index (χ0v) is 17.4. The van der Waals surface area contributed by atoms with Gasteiger partial charge in [0.2, 0.25) is 0 Å². The molecule has 160 valence electrons. The van der Waals surface area contributed by atoms with Crippen LogP contribution in [0, 0.1) is 5.82 Å². The first kappa shape index (κ1) is 21.1. The number of halogens is 1. The van der Waals surface area contributed by atoms with E-state index >= 15 is 0 Å². The van der Waals surface area contributed by atoms with Gasteiger partial charge in [0, 0.05) is 11.1 Å². The normalized spacial score (nSPS) is 10.9. The average molecular weight is 428 g/mol. The molecule has 0 atom stereocenters. The summed E-state index contributed by atoms with van der Waals surface area (Å²) in [5.41, 5.74) is 4.56. The van der Waals surface area contributed by atoms with Crippen LogP contribution in [0.15, 0.2) is 90.0 Å². The number of nitrogens with one attached hydrogen (secondary N) is 1. The summed E-state index contributed by atoms with van der Waals surface area (Å²) in [7, 11) is 1.54. The Hall–Kier alpha value is -4.19. The van der Waals surface area contributed by atoms with E-state index in [9.17, 15) is 9.18 Å². The van der Waals surface area contributed by atoms with Crippen molar-refractivity contribution in [3.63, 3.8) is 0 Å². The molecular weight excluding hydrogens is 407 g/mol. The second kappa shape index (κ2) is 9.75. The van der Waals surface area contributed by atoms with E-state index < -0.39 is 0 Å². The predicted molar refractivity (Wildman–Crippen MR) is 123 cm³/mol. The summed E-state index contributed by atoms with van der Waals surface area (Å²) in [6, 6.07) is 24.6. The largest absolute Gasteiger partial charge is 0.497 e. The lowest BCUT2D eigenvalue weighted by atomic mass is 10.0. The van der Waals surface area contributed by atoms with Gasteiger partial charge >= 0.3 is 0 Å². The molecule has 0 unspecified atom stereocenters. The lowest BCUT2D eigenvalue weighted by molar-refractivity contribution is 0.0954. The van der Waals surface area contributed by atoms with Crippen LogP contribution < -0.4 is 14.9 Å². The summed E-state index contributed by atoms with van der Waals surface area (Å²) in [6.45, 7) is 0.273. The van der Waals surface area contributed by atoms with Gasteiger partial charge in [-0.25, -0.2) is 9.82 Å². The maximum atomic E-state index is 13.2. The minimum atomic E-state index is -0.353. The first-order valence-electron chi connectivity index (χ1n) is 10.0. The molecular formula is C26H21FN2O3. The van der Waals surface area contributed by atoms with Crippen LogP contribution in [0.5, 0.6) is 11.5 Å². The van der Waals surface area contributed by atoms with E-state index in [0.717, 1.165) is 21.9 Å². The van der Waals surface area contributed by atoms with E-state index in [1.54, 1.807) is 49.7 Å². The molecule has 4 aromatic carbocycles. The number of nitrogens with zero attached hydrogens (tertiary/aromatic N) is 1. The number of rotatable bonds is 7. The second-order valence-electron chi connectivity index (χ2n) is 7.04. The number of carbonyl (C=O) groups is 1. The van der Waals surface area contributed by atoms with Crippen molar-refractivity contribution >= 4 is 22.9 Å². The van der Waals surface area contributed by atoms with Crippen molar-refractivity contribution < 1.29 is 18.7 Å². The number of hydrazone groups is 1. The van der Waals surface area contributed by atoms with Crippen molar-refractivity contribution in [2.75, 3.05) is 7.11 Å². The number of hydrogen-bond acceptors (Lipinski definition) is 4. The molecule has 0 radical (unpaired) electrons. The maximum Gasteiger partial charge on any atom is 0.271 e. The number of fused-ring (bicyclic) bond motifs is 1. The fraction of sp³-hybridized carbons (Fsp3) is 0.0769. The van der Waals surface area contributed by atoms with Gasteiger partial charge in [-0.3, -0.25) is 4.79 Å². The van der Waals surface area contributed by atoms with Gasteiger partial charge in [0.15, 0.2) is 0 Å². The summed E-state index contributed by atoms with van der Waals surface area (Å²) >= 11 is 0. The summed E-state index contributed by atoms with van der Waals surface area (Å²) < 4.78 is 24.3. The molecule has 0 bridgehead atoms. The molecule has 0 aliphatic carbocycles. The number of carbonyl (C=O) groups excluding carboxylic acids is 1. The molecule has 6 heteroatoms. The lowest BCUT2D eigenvalue weighted by Gasteiger charge is -2.12. The van der Waals surface area contributed by atoms with Gasteiger partial charge in [-0.15, -0.1) is 0 Å². The minimum absolute atomic E-state index is 0.273. The first-order valence-corrected chi connectivity index (χ1v) is 10.0. The van der Waals surface area contributed by atoms with E-state index in [1.807, 2.05) is 36.4 Å². The van der Waals surface area contributed by atoms with E-state index in [1.165, 1.54) is 12.1 Å². The SMILES string of the molecule is COc1cccc(C(=O)NN=Cc2c(OCc3ccc(F)cc3)ccc3ccccc23)c1. The van der Waals surface area contributed by atoms with Crippen molar-refractivity contribution in [1.29, 1.82) is 0 Å². The van der Waals surface area contributed by atoms with Crippen molar-refractivity contribution in [3.05, 3.63) is 107 Å². The van der Waals surface area contributed by atoms with Crippen LogP contribution in [0.3, 0.4) is 0 Å². The van der Waals surface area contributed by atoms with Crippen LogP contribution in [0.1, 0.15) is 21.5 Å². The predicted octanol–water partition coefficient (Wildman–Crippen LogP) is 5.33. The number of hydrogen-bond donors (Lipinski definition) is 1. The quantitative estimate of drug-likeness (QED) is 0.320. The molecule has 1 N–H and O–H groups in total. The maximum absolute atomic E-state index is 13.2. The molecule has 1 amide bonds. The van der Waals surface area contributed by atoms with E-state index in [4.69, 9.17) is 9.47 Å². The Balaban J connectivity index is 1.57. The summed E-state index contributed by atoms with van der Waals surface area (Å²) in [5, 5.41) is 6.11. The van der Waals surface area contributed by atoms with E-state index in [-0.39, 0.29) is 18.3 Å². The molecule has 0 saturated carbocycles. The Morgan fingerprint density at radius 2 is 1.81 bits per heavy atom. The van der Waals surface area contributed by atoms with Crippen LogP contribution in [0.2, 0.25) is 0 Å². The zero-order valence-electron chi connectivity index (χ0n) is 17.4. The Morgan fingerprint density at radius 1 is 1.00 bits per heavy atom. The fourth-order valence-corrected chi connectivity index (χ4v) is 3.26. The van der Waals surface area contributed by atoms with Gasteiger partial charge in [-0.05, 0) is 52.7 Å². The van der Waals surface area contributed by atoms with Crippen LogP contribution >= 0.6 is 0 Å². The molecule has 32 heavy (non-hydrogen) atoms. The number of methoxy groups -OCH3 is 1. The zero-order chi connectivity index (χ0) is 22.3. The molecule has 0 aliphatic heterocycles. The van der Waals surface area contributed by atoms with Gasteiger partial charge in [0.25, 0.3) is 5.91 Å². The molecule has 4 aromatic rings. The highest BCUT2D eigenvalue weighted by Gasteiger charge is 2.09. The third kappa shape index (κ3) is 4.92. The number of benzene rings is 4. The smallest absolute Gasteiger partial charge is 0.271 e. The average Bonchev–Trinajstić information content (AvgIpc) is 2.84. The van der Waals surface area contributed by atoms with Gasteiger partial charge in [-0.2, -0.15) is 5.10 Å². The summed E-state index contributed by atoms with van der Waals surface area (Å²) in [6.07, 6.45) is 1.57. The van der Waals surface area contributed by atoms with Crippen molar-refractivity contribution in [2.24, 2.45) is 5.10 Å². The highest BCUT2D eigenvalue weighted by molar-refractivity contribution is 6.03. The molecule has 4 rings (SSSR count). The number of ether oxygens (including phenoxy) is 2. The minimum Gasteiger partial charge on any atom is -0.497 e. The summed E-state index contributed by atoms with van der Waals surface area (Å²) in [4.78, 5) is 12.4. The Morgan fingerprint density at radius 3 is 2.62 bits per heavy atom. The van der Waals surface area contributed by atoms with Crippen molar-refractivity contribution in [3.8, 4) is 11.5 Å². The van der Waals surface area contributed by atoms with E-state index in [2.05, 4.69) is 10.5 Å². The highest BCUT2D eigenvalue weighted by Crippen LogP contribution is 2.27. The molecule has 0 fully saturated rings. The fourth-order valence-electron chi connectivity index (χ4n) is 3.26. The Labute approximate surface area is 185 Å². The topological polar surface area (TPSA) is 59.9 Å². The van der Waals surface area contributed by atoms with Crippen molar-refractivity contribution in [1.82, 2.24) is 5.43 Å². The number of amides is 1. The molecule has 0 aliphatic rings. The molecule has 5 nitrogen and oxygen atoms in total. The third-order valence-electron chi connectivity index (χ3n) is 4.93. The van der Waals surface area contributed by atoms with E-state index in [0.29, 0.717) is 17.1 Å². The Bertz CT molecular complexity index is 1270. The molecule has 0 spiro atoms. The third-order valence-corrected chi connectivity index (χ3v) is 4.93. The van der Waals surface area contributed by atoms with Gasteiger partial charge in [-0.1, -0.05) is 48.5 Å². The van der Waals surface area contributed by atoms with Gasteiger partial charge in [0.1, 0.15) is 23.9 Å². The first-order chi connectivity index (χ1) is 15.6. The van der Waals surface area contributed by atoms with Crippen LogP contribution in [0.4, 0.5) is 4.39 Å². The summed E-state index contributed by atoms with van der Waals surface area (Å²) in [5.74, 6) is 0.549. The van der Waals surface area contributed by atoms with Gasteiger partial charge in [0.05, 0.1) is 13.3 Å². The van der Waals surface area contributed by atoms with Crippen LogP contribution in [-0.2, 0) is 6.61 Å². The van der Waals surface area contributed by atoms with Crippen molar-refractivity contribution in [2.45, 2.75) is 6.61 Å². The van der Waals surface area contributed by atoms with Crippen LogP contribution in [-0.4, -0.2) is 19.2 Å². The molecule has 0 heterocycles. The monoisotopic (exact) mass is 428 g/mol. The standard InChI is InChI=1S/C26H21FN2O3/c1-31-22-7-4-6-20(15-22)26(30)29-28-16-24-23-8-3-2-5-19(23)11-14-25(24)32-17-18-9-12-21(27)13-10-18/h2-16H,17H2,1H3,(H,29,30). The van der Waals surface area contributed by atoms with Gasteiger partial charge < -0.3 is 9.47 Å². The van der Waals surface area contributed by atoms with Crippen LogP contribution in [0.25, 0.3) is 10.8 Å². The Kier molecular flexibility index (Phi) is 6.41. The second-order valence-corrected chi connectivity index (χ2v) is 7.04. The molecule has 0 aromatic heterocycles.